The Bertz CT molecular complexity index is 1430. The molecule has 2 saturated heterocycles. The van der Waals surface area contributed by atoms with E-state index in [4.69, 9.17) is 9.47 Å². The molecular weight excluding hydrogens is 586 g/mol. The molecule has 7 atom stereocenters. The Hall–Kier alpha value is -4.38. The van der Waals surface area contributed by atoms with E-state index in [1.807, 2.05) is 0 Å². The monoisotopic (exact) mass is 613 g/mol. The summed E-state index contributed by atoms with van der Waals surface area (Å²) in [6, 6.07) is -2.28. The molecule has 2 aromatic heterocycles. The number of esters is 1. The zero-order valence-electron chi connectivity index (χ0n) is 22.6. The van der Waals surface area contributed by atoms with Crippen LogP contribution in [0.15, 0.2) is 18.3 Å². The van der Waals surface area contributed by atoms with Crippen LogP contribution in [0.4, 0.5) is 17.6 Å². The van der Waals surface area contributed by atoms with Crippen LogP contribution >= 0.6 is 0 Å². The van der Waals surface area contributed by atoms with Crippen LogP contribution in [0.3, 0.4) is 0 Å². The lowest BCUT2D eigenvalue weighted by Crippen LogP contribution is -2.63. The SMILES string of the molecule is C[C@H]1NC(=O)C(C2CCO2)OC(=O)[C@H](C)[C@H](O)[C@H](Cc2c(F)nc(F)c(F)c2F)NC(=O)[C@H]1NC(=O)c1ncccc1O. The maximum absolute atomic E-state index is 14.6. The molecule has 232 valence electrons. The number of nitrogens with one attached hydrogen (secondary N) is 3. The molecule has 2 fully saturated rings. The van der Waals surface area contributed by atoms with Gasteiger partial charge in [-0.15, -0.1) is 0 Å². The maximum Gasteiger partial charge on any atom is 0.312 e. The van der Waals surface area contributed by atoms with Crippen molar-refractivity contribution in [2.75, 3.05) is 6.61 Å². The molecule has 4 heterocycles. The van der Waals surface area contributed by atoms with E-state index in [2.05, 4.69) is 25.9 Å². The van der Waals surface area contributed by atoms with Gasteiger partial charge in [-0.1, -0.05) is 0 Å². The van der Waals surface area contributed by atoms with Crippen molar-refractivity contribution in [3.63, 3.8) is 0 Å². The first-order valence-corrected chi connectivity index (χ1v) is 13.0. The number of aliphatic hydroxyl groups is 1. The zero-order chi connectivity index (χ0) is 31.6. The van der Waals surface area contributed by atoms with Crippen molar-refractivity contribution in [3.05, 3.63) is 53.1 Å². The number of nitrogens with zero attached hydrogens (tertiary/aromatic N) is 2. The lowest BCUT2D eigenvalue weighted by Gasteiger charge is -2.37. The fraction of sp³-hybridized carbons (Fsp3) is 0.462. The van der Waals surface area contributed by atoms with Crippen LogP contribution in [0.5, 0.6) is 5.75 Å². The molecular formula is C26H27F4N5O8. The lowest BCUT2D eigenvalue weighted by molar-refractivity contribution is -0.184. The summed E-state index contributed by atoms with van der Waals surface area (Å²) in [5.74, 6) is -14.3. The molecule has 3 amide bonds. The molecule has 43 heavy (non-hydrogen) atoms. The van der Waals surface area contributed by atoms with Gasteiger partial charge in [0.1, 0.15) is 17.9 Å². The molecule has 0 aromatic carbocycles. The van der Waals surface area contributed by atoms with Crippen LogP contribution in [-0.4, -0.2) is 86.9 Å². The van der Waals surface area contributed by atoms with Crippen LogP contribution in [0, 0.1) is 29.4 Å². The minimum Gasteiger partial charge on any atom is -0.505 e. The highest BCUT2D eigenvalue weighted by atomic mass is 19.2. The van der Waals surface area contributed by atoms with Gasteiger partial charge in [0, 0.05) is 31.2 Å². The van der Waals surface area contributed by atoms with Crippen LogP contribution < -0.4 is 16.0 Å². The van der Waals surface area contributed by atoms with Crippen LogP contribution in [0.2, 0.25) is 0 Å². The maximum atomic E-state index is 14.6. The summed E-state index contributed by atoms with van der Waals surface area (Å²) in [5.41, 5.74) is -1.64. The number of amides is 3. The molecule has 2 aromatic rings. The number of carbonyl (C=O) groups is 4. The number of aromatic hydroxyl groups is 1. The topological polar surface area (TPSA) is 189 Å². The molecule has 0 bridgehead atoms. The van der Waals surface area contributed by atoms with Crippen molar-refractivity contribution >= 4 is 23.7 Å². The Morgan fingerprint density at radius 3 is 2.42 bits per heavy atom. The van der Waals surface area contributed by atoms with Crippen molar-refractivity contribution in [2.45, 2.75) is 63.1 Å². The number of hydrogen-bond donors (Lipinski definition) is 5. The minimum absolute atomic E-state index is 0.260. The van der Waals surface area contributed by atoms with E-state index in [-0.39, 0.29) is 6.61 Å². The van der Waals surface area contributed by atoms with E-state index in [0.717, 1.165) is 13.0 Å². The Labute approximate surface area is 241 Å². The molecule has 0 saturated carbocycles. The second-order valence-corrected chi connectivity index (χ2v) is 10.1. The van der Waals surface area contributed by atoms with E-state index >= 15 is 0 Å². The van der Waals surface area contributed by atoms with Gasteiger partial charge in [0.2, 0.25) is 23.8 Å². The third-order valence-electron chi connectivity index (χ3n) is 7.15. The third kappa shape index (κ3) is 6.67. The van der Waals surface area contributed by atoms with Gasteiger partial charge in [-0.25, -0.2) is 9.37 Å². The summed E-state index contributed by atoms with van der Waals surface area (Å²) in [7, 11) is 0. The molecule has 2 aliphatic heterocycles. The van der Waals surface area contributed by atoms with Gasteiger partial charge in [-0.05, 0) is 26.0 Å². The van der Waals surface area contributed by atoms with Crippen LogP contribution in [0.1, 0.15) is 36.3 Å². The normalized spacial score (nSPS) is 28.3. The van der Waals surface area contributed by atoms with Crippen molar-refractivity contribution in [1.82, 2.24) is 25.9 Å². The molecule has 2 aliphatic rings. The standard InChI is InChI=1S/C26H27F4N5O8/c1-9-19(37)12(8-11-15(27)16(28)22(30)35-21(11)29)33-23(38)17(34-24(39)18-13(36)4-3-6-31-18)10(2)32-25(40)20(43-26(9)41)14-5-7-42-14/h3-4,6,9-10,12,14,17,19-20,36-37H,5,7-8H2,1-2H3,(H,32,40)(H,33,38)(H,34,39)/t9-,10-,12+,14?,17+,19+,20?/m1/s1. The van der Waals surface area contributed by atoms with Gasteiger partial charge in [0.25, 0.3) is 17.8 Å². The predicted molar refractivity (Wildman–Crippen MR) is 134 cm³/mol. The van der Waals surface area contributed by atoms with Crippen molar-refractivity contribution < 1.29 is 56.4 Å². The average molecular weight is 614 g/mol. The summed E-state index contributed by atoms with van der Waals surface area (Å²) in [4.78, 5) is 59.0. The largest absolute Gasteiger partial charge is 0.505 e. The lowest BCUT2D eigenvalue weighted by atomic mass is 9.92. The van der Waals surface area contributed by atoms with Gasteiger partial charge in [-0.2, -0.15) is 18.2 Å². The number of cyclic esters (lactones) is 1. The number of aliphatic hydroxyl groups excluding tert-OH is 1. The highest BCUT2D eigenvalue weighted by molar-refractivity contribution is 5.98. The Balaban J connectivity index is 1.73. The van der Waals surface area contributed by atoms with Crippen molar-refractivity contribution in [3.8, 4) is 5.75 Å². The van der Waals surface area contributed by atoms with E-state index < -0.39 is 113 Å². The number of pyridine rings is 2. The van der Waals surface area contributed by atoms with E-state index in [9.17, 15) is 47.0 Å². The first-order valence-electron chi connectivity index (χ1n) is 13.0. The fourth-order valence-corrected chi connectivity index (χ4v) is 4.54. The van der Waals surface area contributed by atoms with Gasteiger partial charge in [0.15, 0.2) is 11.5 Å². The molecule has 4 rings (SSSR count). The van der Waals surface area contributed by atoms with Gasteiger partial charge >= 0.3 is 5.97 Å². The molecule has 2 unspecified atom stereocenters. The zero-order valence-corrected chi connectivity index (χ0v) is 22.6. The fourth-order valence-electron chi connectivity index (χ4n) is 4.54. The van der Waals surface area contributed by atoms with Gasteiger partial charge < -0.3 is 35.6 Å². The molecule has 13 nitrogen and oxygen atoms in total. The minimum atomic E-state index is -2.11. The number of halogens is 4. The summed E-state index contributed by atoms with van der Waals surface area (Å²) >= 11 is 0. The van der Waals surface area contributed by atoms with Crippen LogP contribution in [0.25, 0.3) is 0 Å². The Morgan fingerprint density at radius 1 is 1.09 bits per heavy atom. The molecule has 5 N–H and O–H groups in total. The molecule has 17 heteroatoms. The highest BCUT2D eigenvalue weighted by Gasteiger charge is 2.43. The number of rotatable bonds is 5. The highest BCUT2D eigenvalue weighted by Crippen LogP contribution is 2.24. The average Bonchev–Trinajstić information content (AvgIpc) is 2.93. The Kier molecular flexibility index (Phi) is 9.44. The number of hydrogen-bond acceptors (Lipinski definition) is 10. The summed E-state index contributed by atoms with van der Waals surface area (Å²) in [6.07, 6.45) is -3.93. The second-order valence-electron chi connectivity index (χ2n) is 10.1. The number of aromatic nitrogens is 2. The number of ether oxygens (including phenoxy) is 2. The van der Waals surface area contributed by atoms with E-state index in [1.54, 1.807) is 0 Å². The molecule has 0 aliphatic carbocycles. The van der Waals surface area contributed by atoms with Crippen molar-refractivity contribution in [1.29, 1.82) is 0 Å². The summed E-state index contributed by atoms with van der Waals surface area (Å²) in [5, 5.41) is 28.1. The molecule has 0 radical (unpaired) electrons. The first kappa shape index (κ1) is 31.6. The third-order valence-corrected chi connectivity index (χ3v) is 7.15. The molecule has 0 spiro atoms. The second kappa shape index (κ2) is 12.9. The summed E-state index contributed by atoms with van der Waals surface area (Å²) < 4.78 is 67.0. The van der Waals surface area contributed by atoms with Gasteiger partial charge in [-0.3, -0.25) is 19.2 Å². The van der Waals surface area contributed by atoms with E-state index in [0.29, 0.717) is 6.42 Å². The quantitative estimate of drug-likeness (QED) is 0.171. The van der Waals surface area contributed by atoms with Gasteiger partial charge in [0.05, 0.1) is 24.1 Å². The first-order chi connectivity index (χ1) is 20.3. The Morgan fingerprint density at radius 2 is 1.79 bits per heavy atom. The number of carbonyl (C=O) groups excluding carboxylic acids is 4. The van der Waals surface area contributed by atoms with Crippen LogP contribution in [-0.2, 0) is 30.3 Å². The summed E-state index contributed by atoms with van der Waals surface area (Å²) in [6.45, 7) is 2.69. The van der Waals surface area contributed by atoms with E-state index in [1.165, 1.54) is 19.2 Å². The van der Waals surface area contributed by atoms with Crippen molar-refractivity contribution in [2.24, 2.45) is 5.92 Å². The smallest absolute Gasteiger partial charge is 0.312 e. The predicted octanol–water partition coefficient (Wildman–Crippen LogP) is -0.219.